The van der Waals surface area contributed by atoms with Crippen LogP contribution in [0.25, 0.3) is 0 Å². The van der Waals surface area contributed by atoms with Crippen LogP contribution in [-0.2, 0) is 0 Å². The molecule has 0 spiro atoms. The van der Waals surface area contributed by atoms with Crippen LogP contribution in [0.15, 0.2) is 41.3 Å². The minimum Gasteiger partial charge on any atom is -0.309 e. The molecular weight excluding hydrogens is 274 g/mol. The minimum atomic E-state index is 0.255. The largest absolute Gasteiger partial charge is 0.309 e. The van der Waals surface area contributed by atoms with Crippen LogP contribution in [0.2, 0.25) is 0 Å². The van der Waals surface area contributed by atoms with Gasteiger partial charge in [0.15, 0.2) is 0 Å². The molecule has 1 N–H and O–H groups in total. The first-order chi connectivity index (χ1) is 10.1. The lowest BCUT2D eigenvalue weighted by molar-refractivity contribution is 0.686. The second-order valence-corrected chi connectivity index (χ2v) is 6.85. The SMILES string of the molecule is CCSc1ccc(C(NC)c2cc(C)c(C)cc2C)cc1. The molecule has 0 radical (unpaired) electrons. The quantitative estimate of drug-likeness (QED) is 0.777. The van der Waals surface area contributed by atoms with Crippen molar-refractivity contribution in [2.24, 2.45) is 0 Å². The Morgan fingerprint density at radius 2 is 1.57 bits per heavy atom. The zero-order chi connectivity index (χ0) is 15.4. The second-order valence-electron chi connectivity index (χ2n) is 5.52. The van der Waals surface area contributed by atoms with Crippen LogP contribution in [0.3, 0.4) is 0 Å². The highest BCUT2D eigenvalue weighted by atomic mass is 32.2. The maximum absolute atomic E-state index is 3.47. The van der Waals surface area contributed by atoms with Gasteiger partial charge in [0, 0.05) is 4.90 Å². The predicted octanol–water partition coefficient (Wildman–Crippen LogP) is 5.03. The van der Waals surface area contributed by atoms with Gasteiger partial charge >= 0.3 is 0 Å². The maximum Gasteiger partial charge on any atom is 0.0577 e. The molecule has 0 saturated carbocycles. The molecule has 1 atom stereocenters. The molecule has 0 fully saturated rings. The molecule has 0 amide bonds. The van der Waals surface area contributed by atoms with E-state index >= 15 is 0 Å². The van der Waals surface area contributed by atoms with E-state index in [1.165, 1.54) is 32.7 Å². The van der Waals surface area contributed by atoms with E-state index in [0.717, 1.165) is 5.75 Å². The Balaban J connectivity index is 2.37. The molecule has 0 bridgehead atoms. The summed E-state index contributed by atoms with van der Waals surface area (Å²) >= 11 is 1.89. The second kappa shape index (κ2) is 7.15. The minimum absolute atomic E-state index is 0.255. The summed E-state index contributed by atoms with van der Waals surface area (Å²) in [5.41, 5.74) is 6.76. The highest BCUT2D eigenvalue weighted by Crippen LogP contribution is 2.28. The lowest BCUT2D eigenvalue weighted by atomic mass is 9.92. The van der Waals surface area contributed by atoms with Crippen molar-refractivity contribution in [1.29, 1.82) is 0 Å². The number of hydrogen-bond acceptors (Lipinski definition) is 2. The lowest BCUT2D eigenvalue weighted by Gasteiger charge is -2.21. The van der Waals surface area contributed by atoms with Crippen molar-refractivity contribution in [3.63, 3.8) is 0 Å². The number of thioether (sulfide) groups is 1. The summed E-state index contributed by atoms with van der Waals surface area (Å²) in [7, 11) is 2.04. The zero-order valence-electron chi connectivity index (χ0n) is 13.7. The molecule has 0 heterocycles. The third-order valence-electron chi connectivity index (χ3n) is 4.01. The molecule has 2 rings (SSSR count). The molecule has 112 valence electrons. The highest BCUT2D eigenvalue weighted by Gasteiger charge is 2.15. The molecule has 0 aliphatic rings. The van der Waals surface area contributed by atoms with E-state index < -0.39 is 0 Å². The van der Waals surface area contributed by atoms with Gasteiger partial charge in [-0.05, 0) is 73.5 Å². The van der Waals surface area contributed by atoms with E-state index in [1.54, 1.807) is 0 Å². The van der Waals surface area contributed by atoms with Crippen molar-refractivity contribution >= 4 is 11.8 Å². The van der Waals surface area contributed by atoms with Gasteiger partial charge in [-0.25, -0.2) is 0 Å². The Bertz CT molecular complexity index is 602. The summed E-state index contributed by atoms with van der Waals surface area (Å²) in [6.45, 7) is 8.75. The zero-order valence-corrected chi connectivity index (χ0v) is 14.5. The summed E-state index contributed by atoms with van der Waals surface area (Å²) in [4.78, 5) is 1.34. The molecule has 0 aliphatic heterocycles. The topological polar surface area (TPSA) is 12.0 Å². The van der Waals surface area contributed by atoms with Crippen molar-refractivity contribution in [2.45, 2.75) is 38.6 Å². The fraction of sp³-hybridized carbons (Fsp3) is 0.368. The van der Waals surface area contributed by atoms with Crippen molar-refractivity contribution < 1.29 is 0 Å². The van der Waals surface area contributed by atoms with E-state index in [4.69, 9.17) is 0 Å². The van der Waals surface area contributed by atoms with Crippen LogP contribution in [0, 0.1) is 20.8 Å². The number of aryl methyl sites for hydroxylation is 3. The van der Waals surface area contributed by atoms with Gasteiger partial charge < -0.3 is 5.32 Å². The number of benzene rings is 2. The van der Waals surface area contributed by atoms with Gasteiger partial charge in [-0.1, -0.05) is 31.2 Å². The Labute approximate surface area is 133 Å². The van der Waals surface area contributed by atoms with Gasteiger partial charge in [0.25, 0.3) is 0 Å². The van der Waals surface area contributed by atoms with Gasteiger partial charge in [-0.3, -0.25) is 0 Å². The molecule has 2 aromatic carbocycles. The maximum atomic E-state index is 3.47. The molecule has 0 aromatic heterocycles. The van der Waals surface area contributed by atoms with Crippen molar-refractivity contribution in [3.8, 4) is 0 Å². The highest BCUT2D eigenvalue weighted by molar-refractivity contribution is 7.99. The monoisotopic (exact) mass is 299 g/mol. The first-order valence-corrected chi connectivity index (χ1v) is 8.53. The fourth-order valence-corrected chi connectivity index (χ4v) is 3.38. The number of rotatable bonds is 5. The van der Waals surface area contributed by atoms with Gasteiger partial charge in [0.2, 0.25) is 0 Å². The average Bonchev–Trinajstić information content (AvgIpc) is 2.47. The van der Waals surface area contributed by atoms with Crippen molar-refractivity contribution in [3.05, 3.63) is 64.2 Å². The molecule has 1 unspecified atom stereocenters. The third kappa shape index (κ3) is 3.69. The molecular formula is C19H25NS. The molecule has 0 aliphatic carbocycles. The molecule has 2 heteroatoms. The van der Waals surface area contributed by atoms with E-state index in [1.807, 2.05) is 18.8 Å². The first kappa shape index (κ1) is 16.1. The molecule has 1 nitrogen and oxygen atoms in total. The lowest BCUT2D eigenvalue weighted by Crippen LogP contribution is -2.19. The standard InChI is InChI=1S/C19H25NS/c1-6-21-17-9-7-16(8-10-17)19(20-5)18-12-14(3)13(2)11-15(18)4/h7-12,19-20H,6H2,1-5H3. The van der Waals surface area contributed by atoms with Crippen molar-refractivity contribution in [1.82, 2.24) is 5.32 Å². The summed E-state index contributed by atoms with van der Waals surface area (Å²) in [5, 5.41) is 3.47. The van der Waals surface area contributed by atoms with Gasteiger partial charge in [0.1, 0.15) is 0 Å². The predicted molar refractivity (Wildman–Crippen MR) is 94.4 cm³/mol. The third-order valence-corrected chi connectivity index (χ3v) is 4.90. The average molecular weight is 299 g/mol. The first-order valence-electron chi connectivity index (χ1n) is 7.54. The molecule has 0 saturated heterocycles. The van der Waals surface area contributed by atoms with Gasteiger partial charge in [-0.2, -0.15) is 0 Å². The van der Waals surface area contributed by atoms with Gasteiger partial charge in [0.05, 0.1) is 6.04 Å². The van der Waals surface area contributed by atoms with E-state index in [-0.39, 0.29) is 6.04 Å². The van der Waals surface area contributed by atoms with Crippen LogP contribution in [0.4, 0.5) is 0 Å². The Morgan fingerprint density at radius 3 is 2.14 bits per heavy atom. The van der Waals surface area contributed by atoms with Crippen molar-refractivity contribution in [2.75, 3.05) is 12.8 Å². The smallest absolute Gasteiger partial charge is 0.0577 e. The number of hydrogen-bond donors (Lipinski definition) is 1. The van der Waals surface area contributed by atoms with E-state index in [2.05, 4.69) is 69.4 Å². The summed E-state index contributed by atoms with van der Waals surface area (Å²) < 4.78 is 0. The summed E-state index contributed by atoms with van der Waals surface area (Å²) in [5.74, 6) is 1.12. The number of nitrogens with one attached hydrogen (secondary N) is 1. The Kier molecular flexibility index (Phi) is 5.49. The van der Waals surface area contributed by atoms with Gasteiger partial charge in [-0.15, -0.1) is 11.8 Å². The normalized spacial score (nSPS) is 12.4. The van der Waals surface area contributed by atoms with Crippen LogP contribution in [-0.4, -0.2) is 12.8 Å². The van der Waals surface area contributed by atoms with Crippen LogP contribution < -0.4 is 5.32 Å². The summed E-state index contributed by atoms with van der Waals surface area (Å²) in [6, 6.07) is 13.8. The van der Waals surface area contributed by atoms with E-state index in [0.29, 0.717) is 0 Å². The molecule has 2 aromatic rings. The fourth-order valence-electron chi connectivity index (χ4n) is 2.72. The molecule has 21 heavy (non-hydrogen) atoms. The summed E-state index contributed by atoms with van der Waals surface area (Å²) in [6.07, 6.45) is 0. The van der Waals surface area contributed by atoms with Crippen LogP contribution >= 0.6 is 11.8 Å². The Hall–Kier alpha value is -1.25. The van der Waals surface area contributed by atoms with Crippen LogP contribution in [0.1, 0.15) is 40.8 Å². The van der Waals surface area contributed by atoms with E-state index in [9.17, 15) is 0 Å². The Morgan fingerprint density at radius 1 is 0.952 bits per heavy atom. The van der Waals surface area contributed by atoms with Crippen LogP contribution in [0.5, 0.6) is 0 Å².